The van der Waals surface area contributed by atoms with Crippen LogP contribution in [0.4, 0.5) is 0 Å². The van der Waals surface area contributed by atoms with Gasteiger partial charge in [-0.1, -0.05) is 12.1 Å². The fourth-order valence-electron chi connectivity index (χ4n) is 2.77. The van der Waals surface area contributed by atoms with E-state index in [0.29, 0.717) is 29.5 Å². The van der Waals surface area contributed by atoms with Crippen LogP contribution in [0.5, 0.6) is 11.5 Å². The van der Waals surface area contributed by atoms with Crippen LogP contribution in [0.3, 0.4) is 0 Å². The van der Waals surface area contributed by atoms with Gasteiger partial charge in [0.05, 0.1) is 30.3 Å². The molecule has 0 aliphatic rings. The van der Waals surface area contributed by atoms with Crippen LogP contribution in [0.15, 0.2) is 36.4 Å². The predicted octanol–water partition coefficient (Wildman–Crippen LogP) is 3.89. The lowest BCUT2D eigenvalue weighted by atomic mass is 10.1. The lowest BCUT2D eigenvalue weighted by molar-refractivity contribution is -0.142. The van der Waals surface area contributed by atoms with E-state index in [-0.39, 0.29) is 6.61 Å². The normalized spacial score (nSPS) is 11.2. The molecule has 1 heterocycles. The number of esters is 1. The molecule has 3 rings (SSSR count). The van der Waals surface area contributed by atoms with E-state index in [9.17, 15) is 10.1 Å². The summed E-state index contributed by atoms with van der Waals surface area (Å²) in [7, 11) is 1.30. The van der Waals surface area contributed by atoms with E-state index in [1.54, 1.807) is 24.3 Å². The number of fused-ring (bicyclic) bond motifs is 1. The van der Waals surface area contributed by atoms with E-state index < -0.39 is 5.97 Å². The molecule has 0 aliphatic heterocycles. The Morgan fingerprint density at radius 1 is 1.21 bits per heavy atom. The predicted molar refractivity (Wildman–Crippen MR) is 109 cm³/mol. The highest BCUT2D eigenvalue weighted by Crippen LogP contribution is 2.30. The number of aromatic amines is 1. The summed E-state index contributed by atoms with van der Waals surface area (Å²) in [4.78, 5) is 19.0. The van der Waals surface area contributed by atoms with Gasteiger partial charge in [0.15, 0.2) is 18.1 Å². The van der Waals surface area contributed by atoms with Crippen molar-refractivity contribution in [1.29, 1.82) is 5.26 Å². The zero-order chi connectivity index (χ0) is 20.8. The van der Waals surface area contributed by atoms with Gasteiger partial charge in [-0.05, 0) is 55.3 Å². The molecule has 0 spiro atoms. The SMILES string of the molecule is CCOc1cc(C=C(C#N)c2nc3ccc(C)cc3[nH]2)ccc1OCC(=O)OC. The molecule has 0 bridgehead atoms. The summed E-state index contributed by atoms with van der Waals surface area (Å²) in [5.74, 6) is 0.912. The molecular weight excluding hydrogens is 370 g/mol. The average Bonchev–Trinajstić information content (AvgIpc) is 3.14. The number of ether oxygens (including phenoxy) is 3. The Hall–Kier alpha value is -3.79. The molecule has 0 radical (unpaired) electrons. The first-order valence-corrected chi connectivity index (χ1v) is 9.09. The van der Waals surface area contributed by atoms with Crippen LogP contribution in [0.1, 0.15) is 23.9 Å². The fourth-order valence-corrected chi connectivity index (χ4v) is 2.77. The number of carbonyl (C=O) groups is 1. The summed E-state index contributed by atoms with van der Waals surface area (Å²) in [5.41, 5.74) is 3.92. The zero-order valence-corrected chi connectivity index (χ0v) is 16.5. The molecule has 0 amide bonds. The number of aryl methyl sites for hydroxylation is 1. The van der Waals surface area contributed by atoms with Crippen molar-refractivity contribution in [3.63, 3.8) is 0 Å². The molecule has 29 heavy (non-hydrogen) atoms. The number of allylic oxidation sites excluding steroid dienone is 1. The smallest absolute Gasteiger partial charge is 0.343 e. The third-order valence-electron chi connectivity index (χ3n) is 4.16. The molecule has 7 nitrogen and oxygen atoms in total. The second-order valence-corrected chi connectivity index (χ2v) is 6.28. The quantitative estimate of drug-likeness (QED) is 0.485. The second-order valence-electron chi connectivity index (χ2n) is 6.28. The van der Waals surface area contributed by atoms with Crippen molar-refractivity contribution < 1.29 is 19.0 Å². The van der Waals surface area contributed by atoms with Gasteiger partial charge in [0.1, 0.15) is 11.9 Å². The fraction of sp³-hybridized carbons (Fsp3) is 0.227. The van der Waals surface area contributed by atoms with E-state index in [4.69, 9.17) is 9.47 Å². The van der Waals surface area contributed by atoms with Crippen LogP contribution < -0.4 is 9.47 Å². The summed E-state index contributed by atoms with van der Waals surface area (Å²) in [6.45, 7) is 4.06. The highest BCUT2D eigenvalue weighted by Gasteiger charge is 2.11. The van der Waals surface area contributed by atoms with E-state index in [1.807, 2.05) is 32.0 Å². The lowest BCUT2D eigenvalue weighted by Crippen LogP contribution is -2.13. The van der Waals surface area contributed by atoms with E-state index in [1.165, 1.54) is 7.11 Å². The maximum Gasteiger partial charge on any atom is 0.343 e. The van der Waals surface area contributed by atoms with Crippen LogP contribution >= 0.6 is 0 Å². The molecule has 0 saturated heterocycles. The largest absolute Gasteiger partial charge is 0.490 e. The third kappa shape index (κ3) is 4.74. The Morgan fingerprint density at radius 2 is 2.03 bits per heavy atom. The van der Waals surface area contributed by atoms with Crippen molar-refractivity contribution in [3.8, 4) is 17.6 Å². The number of benzene rings is 2. The average molecular weight is 391 g/mol. The molecule has 3 aromatic rings. The van der Waals surface area contributed by atoms with Crippen molar-refractivity contribution in [2.75, 3.05) is 20.3 Å². The molecule has 0 fully saturated rings. The lowest BCUT2D eigenvalue weighted by Gasteiger charge is -2.12. The number of hydrogen-bond donors (Lipinski definition) is 1. The first kappa shape index (κ1) is 20.0. The van der Waals surface area contributed by atoms with E-state index in [0.717, 1.165) is 22.2 Å². The Morgan fingerprint density at radius 3 is 2.76 bits per heavy atom. The Balaban J connectivity index is 1.92. The summed E-state index contributed by atoms with van der Waals surface area (Å²) in [5, 5.41) is 9.63. The van der Waals surface area contributed by atoms with Crippen molar-refractivity contribution in [2.24, 2.45) is 0 Å². The molecule has 148 valence electrons. The van der Waals surface area contributed by atoms with Crippen LogP contribution in [0, 0.1) is 18.3 Å². The van der Waals surface area contributed by atoms with Gasteiger partial charge in [-0.25, -0.2) is 9.78 Å². The van der Waals surface area contributed by atoms with Crippen molar-refractivity contribution in [1.82, 2.24) is 9.97 Å². The van der Waals surface area contributed by atoms with Gasteiger partial charge in [0.2, 0.25) is 0 Å². The summed E-state index contributed by atoms with van der Waals surface area (Å²) >= 11 is 0. The van der Waals surface area contributed by atoms with Crippen molar-refractivity contribution in [3.05, 3.63) is 53.3 Å². The summed E-state index contributed by atoms with van der Waals surface area (Å²) < 4.78 is 15.7. The number of nitrogens with one attached hydrogen (secondary N) is 1. The van der Waals surface area contributed by atoms with Crippen LogP contribution in [0.2, 0.25) is 0 Å². The van der Waals surface area contributed by atoms with Crippen LogP contribution in [0.25, 0.3) is 22.7 Å². The monoisotopic (exact) mass is 391 g/mol. The Bertz CT molecular complexity index is 1110. The van der Waals surface area contributed by atoms with Crippen molar-refractivity contribution in [2.45, 2.75) is 13.8 Å². The number of hydrogen-bond acceptors (Lipinski definition) is 6. The van der Waals surface area contributed by atoms with Gasteiger partial charge >= 0.3 is 5.97 Å². The van der Waals surface area contributed by atoms with Gasteiger partial charge in [-0.3, -0.25) is 0 Å². The number of imidazole rings is 1. The first-order valence-electron chi connectivity index (χ1n) is 9.09. The maximum absolute atomic E-state index is 11.3. The topological polar surface area (TPSA) is 97.2 Å². The molecule has 1 N–H and O–H groups in total. The highest BCUT2D eigenvalue weighted by molar-refractivity contribution is 5.90. The minimum Gasteiger partial charge on any atom is -0.490 e. The number of rotatable bonds is 7. The second kappa shape index (κ2) is 8.93. The molecule has 0 aliphatic carbocycles. The molecule has 7 heteroatoms. The minimum absolute atomic E-state index is 0.215. The number of nitriles is 1. The van der Waals surface area contributed by atoms with Gasteiger partial charge in [0.25, 0.3) is 0 Å². The summed E-state index contributed by atoms with van der Waals surface area (Å²) in [6, 6.07) is 13.3. The Labute approximate surface area is 168 Å². The number of nitrogens with zero attached hydrogens (tertiary/aromatic N) is 2. The maximum atomic E-state index is 11.3. The highest BCUT2D eigenvalue weighted by atomic mass is 16.6. The summed E-state index contributed by atoms with van der Waals surface area (Å²) in [6.07, 6.45) is 1.72. The van der Waals surface area contributed by atoms with Gasteiger partial charge in [-0.15, -0.1) is 0 Å². The first-order chi connectivity index (χ1) is 14.0. The zero-order valence-electron chi connectivity index (χ0n) is 16.5. The third-order valence-corrected chi connectivity index (χ3v) is 4.16. The Kier molecular flexibility index (Phi) is 6.15. The molecule has 0 atom stereocenters. The van der Waals surface area contributed by atoms with Crippen molar-refractivity contribution >= 4 is 28.7 Å². The standard InChI is InChI=1S/C22H21N3O4/c1-4-28-20-11-15(6-8-19(20)29-13-21(26)27-3)10-16(12-23)22-24-17-7-5-14(2)9-18(17)25-22/h5-11H,4,13H2,1-3H3,(H,24,25). The van der Waals surface area contributed by atoms with E-state index >= 15 is 0 Å². The van der Waals surface area contributed by atoms with Crippen LogP contribution in [-0.2, 0) is 9.53 Å². The number of methoxy groups -OCH3 is 1. The molecule has 0 unspecified atom stereocenters. The van der Waals surface area contributed by atoms with E-state index in [2.05, 4.69) is 20.8 Å². The minimum atomic E-state index is -0.483. The molecule has 2 aromatic carbocycles. The van der Waals surface area contributed by atoms with Gasteiger partial charge in [0, 0.05) is 0 Å². The molecular formula is C22H21N3O4. The van der Waals surface area contributed by atoms with Gasteiger partial charge < -0.3 is 19.2 Å². The number of H-pyrrole nitrogens is 1. The molecule has 0 saturated carbocycles. The molecule has 1 aromatic heterocycles. The van der Waals surface area contributed by atoms with Gasteiger partial charge in [-0.2, -0.15) is 5.26 Å². The van der Waals surface area contributed by atoms with Crippen LogP contribution in [-0.4, -0.2) is 36.3 Å². The number of carbonyl (C=O) groups excluding carboxylic acids is 1. The number of aromatic nitrogens is 2.